The number of piperidine rings is 1. The molecular weight excluding hydrogens is 402 g/mol. The lowest BCUT2D eigenvalue weighted by Crippen LogP contribution is -2.48. The Morgan fingerprint density at radius 1 is 1.09 bits per heavy atom. The zero-order chi connectivity index (χ0) is 23.0. The molecule has 4 rings (SSSR count). The molecule has 1 aliphatic heterocycles. The van der Waals surface area contributed by atoms with Gasteiger partial charge in [-0.25, -0.2) is 0 Å². The van der Waals surface area contributed by atoms with Crippen molar-refractivity contribution >= 4 is 17.5 Å². The van der Waals surface area contributed by atoms with Crippen molar-refractivity contribution in [2.45, 2.75) is 52.4 Å². The van der Waals surface area contributed by atoms with E-state index < -0.39 is 5.92 Å². The molecule has 2 aliphatic rings. The number of likely N-dealkylation sites (tertiary alicyclic amines) is 1. The van der Waals surface area contributed by atoms with E-state index in [2.05, 4.69) is 16.9 Å². The Bertz CT molecular complexity index is 1110. The van der Waals surface area contributed by atoms with Gasteiger partial charge < -0.3 is 4.90 Å². The lowest BCUT2D eigenvalue weighted by molar-refractivity contribution is -0.138. The molecule has 2 heterocycles. The van der Waals surface area contributed by atoms with Gasteiger partial charge in [0.2, 0.25) is 0 Å². The quantitative estimate of drug-likeness (QED) is 0.540. The lowest BCUT2D eigenvalue weighted by atomic mass is 9.62. The van der Waals surface area contributed by atoms with Crippen molar-refractivity contribution in [3.63, 3.8) is 0 Å². The molecule has 2 aromatic rings. The highest BCUT2D eigenvalue weighted by Gasteiger charge is 2.48. The topological polar surface area (TPSA) is 72.3 Å². The van der Waals surface area contributed by atoms with Gasteiger partial charge in [-0.1, -0.05) is 5.92 Å². The van der Waals surface area contributed by atoms with Gasteiger partial charge in [0.1, 0.15) is 23.2 Å². The fraction of sp³-hybridized carbons (Fsp3) is 0.462. The summed E-state index contributed by atoms with van der Waals surface area (Å²) < 4.78 is 1.58. The highest BCUT2D eigenvalue weighted by Crippen LogP contribution is 2.46. The van der Waals surface area contributed by atoms with Gasteiger partial charge in [-0.05, 0) is 73.9 Å². The second-order valence-electron chi connectivity index (χ2n) is 9.25. The molecule has 1 aromatic heterocycles. The van der Waals surface area contributed by atoms with Crippen molar-refractivity contribution in [3.05, 3.63) is 52.3 Å². The number of aromatic nitrogens is 2. The number of nitrogens with zero attached hydrogens (tertiary/aromatic N) is 3. The summed E-state index contributed by atoms with van der Waals surface area (Å²) in [6.45, 7) is 6.81. The van der Waals surface area contributed by atoms with Crippen LogP contribution >= 0.6 is 0 Å². The minimum atomic E-state index is -0.682. The van der Waals surface area contributed by atoms with Gasteiger partial charge in [0, 0.05) is 44.7 Å². The zero-order valence-corrected chi connectivity index (χ0v) is 19.2. The average Bonchev–Trinajstić information content (AvgIpc) is 3.15. The Morgan fingerprint density at radius 3 is 2.19 bits per heavy atom. The van der Waals surface area contributed by atoms with E-state index in [-0.39, 0.29) is 22.9 Å². The van der Waals surface area contributed by atoms with Crippen LogP contribution in [-0.4, -0.2) is 45.2 Å². The number of hydrogen-bond acceptors (Lipinski definition) is 4. The van der Waals surface area contributed by atoms with E-state index in [0.29, 0.717) is 44.5 Å². The Kier molecular flexibility index (Phi) is 5.77. The van der Waals surface area contributed by atoms with Gasteiger partial charge in [-0.3, -0.25) is 19.1 Å². The van der Waals surface area contributed by atoms with Crippen LogP contribution < -0.4 is 0 Å². The third kappa shape index (κ3) is 3.88. The SMILES string of the molecule is CC#Cc1cc(C)c(C2C(=O)CC3(CCN(C(=O)c4ccnn4C)CC3)CC2=O)c(C)c1. The first-order valence-electron chi connectivity index (χ1n) is 11.1. The van der Waals surface area contributed by atoms with E-state index in [1.807, 2.05) is 30.9 Å². The number of aryl methyl sites for hydroxylation is 3. The predicted molar refractivity (Wildman–Crippen MR) is 121 cm³/mol. The number of rotatable bonds is 2. The van der Waals surface area contributed by atoms with Gasteiger partial charge in [0.05, 0.1) is 0 Å². The lowest BCUT2D eigenvalue weighted by Gasteiger charge is -2.44. The molecule has 1 aliphatic carbocycles. The molecule has 0 unspecified atom stereocenters. The maximum Gasteiger partial charge on any atom is 0.272 e. The molecule has 1 saturated heterocycles. The molecule has 1 amide bonds. The molecule has 1 saturated carbocycles. The molecule has 0 atom stereocenters. The third-order valence-corrected chi connectivity index (χ3v) is 7.05. The molecule has 0 radical (unpaired) electrons. The van der Waals surface area contributed by atoms with Crippen LogP contribution in [0.4, 0.5) is 0 Å². The molecule has 32 heavy (non-hydrogen) atoms. The van der Waals surface area contributed by atoms with E-state index in [1.54, 1.807) is 30.9 Å². The minimum Gasteiger partial charge on any atom is -0.337 e. The third-order valence-electron chi connectivity index (χ3n) is 7.05. The van der Waals surface area contributed by atoms with Gasteiger partial charge in [-0.15, -0.1) is 5.92 Å². The maximum atomic E-state index is 13.3. The number of Topliss-reactive ketones (excluding diaryl/α,β-unsaturated/α-hetero) is 2. The molecule has 6 heteroatoms. The molecule has 1 spiro atoms. The van der Waals surface area contributed by atoms with Gasteiger partial charge in [0.25, 0.3) is 5.91 Å². The van der Waals surface area contributed by atoms with Crippen LogP contribution in [-0.2, 0) is 16.6 Å². The first-order chi connectivity index (χ1) is 15.2. The molecular formula is C26H29N3O3. The van der Waals surface area contributed by atoms with E-state index in [4.69, 9.17) is 0 Å². The fourth-order valence-corrected chi connectivity index (χ4v) is 5.44. The summed E-state index contributed by atoms with van der Waals surface area (Å²) in [6, 6.07) is 5.64. The minimum absolute atomic E-state index is 0.00758. The summed E-state index contributed by atoms with van der Waals surface area (Å²) in [6.07, 6.45) is 3.75. The first-order valence-corrected chi connectivity index (χ1v) is 11.1. The van der Waals surface area contributed by atoms with Crippen LogP contribution in [0, 0.1) is 31.1 Å². The summed E-state index contributed by atoms with van der Waals surface area (Å²) in [5, 5.41) is 4.08. The molecule has 1 aromatic carbocycles. The average molecular weight is 432 g/mol. The normalized spacial score (nSPS) is 18.6. The number of amides is 1. The maximum absolute atomic E-state index is 13.3. The number of carbonyl (C=O) groups excluding carboxylic acids is 3. The van der Waals surface area contributed by atoms with Gasteiger partial charge >= 0.3 is 0 Å². The highest BCUT2D eigenvalue weighted by molar-refractivity contribution is 6.10. The summed E-state index contributed by atoms with van der Waals surface area (Å²) >= 11 is 0. The first kappa shape index (κ1) is 22.0. The smallest absolute Gasteiger partial charge is 0.272 e. The second kappa shape index (κ2) is 8.38. The molecule has 6 nitrogen and oxygen atoms in total. The van der Waals surface area contributed by atoms with Crippen LogP contribution in [0.3, 0.4) is 0 Å². The summed E-state index contributed by atoms with van der Waals surface area (Å²) in [4.78, 5) is 41.2. The molecule has 166 valence electrons. The van der Waals surface area contributed by atoms with Crippen molar-refractivity contribution in [1.29, 1.82) is 0 Å². The Hall–Kier alpha value is -3.20. The predicted octanol–water partition coefficient (Wildman–Crippen LogP) is 3.35. The summed E-state index contributed by atoms with van der Waals surface area (Å²) in [7, 11) is 1.75. The largest absolute Gasteiger partial charge is 0.337 e. The van der Waals surface area contributed by atoms with Crippen molar-refractivity contribution in [2.24, 2.45) is 12.5 Å². The molecule has 2 fully saturated rings. The van der Waals surface area contributed by atoms with Crippen LogP contribution in [0.5, 0.6) is 0 Å². The van der Waals surface area contributed by atoms with Gasteiger partial charge in [0.15, 0.2) is 0 Å². The molecule has 0 bridgehead atoms. The number of ketones is 2. The number of hydrogen-bond donors (Lipinski definition) is 0. The fourth-order valence-electron chi connectivity index (χ4n) is 5.44. The van der Waals surface area contributed by atoms with E-state index in [1.165, 1.54) is 0 Å². The van der Waals surface area contributed by atoms with Crippen molar-refractivity contribution < 1.29 is 14.4 Å². The Balaban J connectivity index is 1.50. The van der Waals surface area contributed by atoms with Crippen molar-refractivity contribution in [2.75, 3.05) is 13.1 Å². The standard InChI is InChI=1S/C26H29N3O3/c1-5-6-19-13-17(2)23(18(3)14-19)24-21(30)15-26(16-22(24)31)8-11-29(12-9-26)25(32)20-7-10-27-28(20)4/h7,10,13-14,24H,8-9,11-12,15-16H2,1-4H3. The van der Waals surface area contributed by atoms with E-state index in [9.17, 15) is 14.4 Å². The number of benzene rings is 1. The van der Waals surface area contributed by atoms with Crippen LogP contribution in [0.2, 0.25) is 0 Å². The van der Waals surface area contributed by atoms with Gasteiger partial charge in [-0.2, -0.15) is 5.10 Å². The number of carbonyl (C=O) groups is 3. The van der Waals surface area contributed by atoms with Crippen LogP contribution in [0.25, 0.3) is 0 Å². The second-order valence-corrected chi connectivity index (χ2v) is 9.25. The Morgan fingerprint density at radius 2 is 1.69 bits per heavy atom. The monoisotopic (exact) mass is 431 g/mol. The highest BCUT2D eigenvalue weighted by atomic mass is 16.2. The Labute approximate surface area is 189 Å². The zero-order valence-electron chi connectivity index (χ0n) is 19.2. The molecule has 0 N–H and O–H groups in total. The summed E-state index contributed by atoms with van der Waals surface area (Å²) in [5.41, 5.74) is 3.87. The van der Waals surface area contributed by atoms with E-state index in [0.717, 1.165) is 22.3 Å². The van der Waals surface area contributed by atoms with E-state index >= 15 is 0 Å². The summed E-state index contributed by atoms with van der Waals surface area (Å²) in [5.74, 6) is 5.24. The van der Waals surface area contributed by atoms with Crippen LogP contribution in [0.15, 0.2) is 24.4 Å². The van der Waals surface area contributed by atoms with Crippen LogP contribution in [0.1, 0.15) is 71.3 Å². The van der Waals surface area contributed by atoms with Crippen molar-refractivity contribution in [3.8, 4) is 11.8 Å². The van der Waals surface area contributed by atoms with Crippen molar-refractivity contribution in [1.82, 2.24) is 14.7 Å².